The Morgan fingerprint density at radius 1 is 1.76 bits per heavy atom. The van der Waals surface area contributed by atoms with Crippen LogP contribution in [0.1, 0.15) is 23.8 Å². The first kappa shape index (κ1) is 12.4. The third kappa shape index (κ3) is 2.61. The maximum atomic E-state index is 11.6. The number of carbonyl (C=O) groups excluding carboxylic acids is 2. The molecule has 0 radical (unpaired) electrons. The zero-order valence-electron chi connectivity index (χ0n) is 9.25. The van der Waals surface area contributed by atoms with Gasteiger partial charge in [-0.3, -0.25) is 9.69 Å². The van der Waals surface area contributed by atoms with Crippen LogP contribution >= 0.6 is 24.0 Å². The van der Waals surface area contributed by atoms with Gasteiger partial charge in [0.2, 0.25) is 5.91 Å². The smallest absolute Gasteiger partial charge is 0.357 e. The first-order valence-electron chi connectivity index (χ1n) is 5.23. The normalized spacial score (nSPS) is 19.8. The van der Waals surface area contributed by atoms with Gasteiger partial charge in [-0.1, -0.05) is 0 Å². The fourth-order valence-electron chi connectivity index (χ4n) is 1.56. The van der Waals surface area contributed by atoms with E-state index in [2.05, 4.69) is 17.6 Å². The Morgan fingerprint density at radius 2 is 2.53 bits per heavy atom. The molecule has 1 fully saturated rings. The second-order valence-electron chi connectivity index (χ2n) is 3.60. The molecule has 1 unspecified atom stereocenters. The molecule has 1 aromatic heterocycles. The second kappa shape index (κ2) is 5.05. The van der Waals surface area contributed by atoms with Crippen molar-refractivity contribution in [1.82, 2.24) is 4.98 Å². The molecule has 0 aromatic carbocycles. The van der Waals surface area contributed by atoms with Gasteiger partial charge < -0.3 is 4.74 Å². The minimum atomic E-state index is -0.455. The molecule has 0 spiro atoms. The Labute approximate surface area is 108 Å². The van der Waals surface area contributed by atoms with Gasteiger partial charge in [0, 0.05) is 23.6 Å². The highest BCUT2D eigenvalue weighted by atomic mass is 32.1. The lowest BCUT2D eigenvalue weighted by Crippen LogP contribution is -2.24. The van der Waals surface area contributed by atoms with E-state index in [9.17, 15) is 9.59 Å². The number of amides is 1. The molecule has 5 nitrogen and oxygen atoms in total. The standard InChI is InChI=1S/C10H12N2O3S2/c1-2-15-9(14)7-5-17-10(11-7)12-4-6(16)3-8(12)13/h5-6,16H,2-4H2,1H3. The maximum absolute atomic E-state index is 11.6. The molecule has 1 saturated heterocycles. The van der Waals surface area contributed by atoms with E-state index in [-0.39, 0.29) is 16.9 Å². The van der Waals surface area contributed by atoms with Crippen LogP contribution in [-0.2, 0) is 9.53 Å². The topological polar surface area (TPSA) is 59.5 Å². The van der Waals surface area contributed by atoms with Crippen LogP contribution in [-0.4, -0.2) is 35.3 Å². The van der Waals surface area contributed by atoms with Crippen LogP contribution in [0.2, 0.25) is 0 Å². The van der Waals surface area contributed by atoms with E-state index in [1.165, 1.54) is 11.3 Å². The number of esters is 1. The van der Waals surface area contributed by atoms with Crippen molar-refractivity contribution >= 4 is 41.0 Å². The molecule has 1 aliphatic rings. The highest BCUT2D eigenvalue weighted by molar-refractivity contribution is 7.81. The number of hydrogen-bond acceptors (Lipinski definition) is 6. The van der Waals surface area contributed by atoms with E-state index in [1.807, 2.05) is 0 Å². The van der Waals surface area contributed by atoms with Crippen molar-refractivity contribution in [3.8, 4) is 0 Å². The summed E-state index contributed by atoms with van der Waals surface area (Å²) in [7, 11) is 0. The van der Waals surface area contributed by atoms with Crippen molar-refractivity contribution < 1.29 is 14.3 Å². The minimum Gasteiger partial charge on any atom is -0.461 e. The van der Waals surface area contributed by atoms with Crippen molar-refractivity contribution in [2.45, 2.75) is 18.6 Å². The van der Waals surface area contributed by atoms with Crippen LogP contribution in [0.15, 0.2) is 5.38 Å². The second-order valence-corrected chi connectivity index (χ2v) is 5.16. The third-order valence-corrected chi connectivity index (χ3v) is 3.52. The summed E-state index contributed by atoms with van der Waals surface area (Å²) in [5.41, 5.74) is 0.252. The molecule has 17 heavy (non-hydrogen) atoms. The molecule has 92 valence electrons. The Morgan fingerprint density at radius 3 is 3.12 bits per heavy atom. The van der Waals surface area contributed by atoms with Gasteiger partial charge in [0.25, 0.3) is 0 Å². The molecule has 0 N–H and O–H groups in total. The summed E-state index contributed by atoms with van der Waals surface area (Å²) in [6.45, 7) is 2.59. The number of ether oxygens (including phenoxy) is 1. The number of hydrogen-bond donors (Lipinski definition) is 1. The number of carbonyl (C=O) groups is 2. The molecular formula is C10H12N2O3S2. The maximum Gasteiger partial charge on any atom is 0.357 e. The van der Waals surface area contributed by atoms with Crippen molar-refractivity contribution in [2.75, 3.05) is 18.1 Å². The van der Waals surface area contributed by atoms with Crippen LogP contribution in [0.3, 0.4) is 0 Å². The quantitative estimate of drug-likeness (QED) is 0.666. The Bertz CT molecular complexity index is 447. The number of thiazole rings is 1. The summed E-state index contributed by atoms with van der Waals surface area (Å²) in [4.78, 5) is 28.7. The van der Waals surface area contributed by atoms with Gasteiger partial charge in [0.15, 0.2) is 10.8 Å². The summed E-state index contributed by atoms with van der Waals surface area (Å²) < 4.78 is 4.84. The molecule has 0 saturated carbocycles. The van der Waals surface area contributed by atoms with Crippen molar-refractivity contribution in [3.05, 3.63) is 11.1 Å². The van der Waals surface area contributed by atoms with Crippen molar-refractivity contribution in [3.63, 3.8) is 0 Å². The van der Waals surface area contributed by atoms with E-state index in [0.717, 1.165) is 0 Å². The molecule has 0 aliphatic carbocycles. The zero-order chi connectivity index (χ0) is 12.4. The molecule has 1 atom stereocenters. The number of aromatic nitrogens is 1. The highest BCUT2D eigenvalue weighted by Gasteiger charge is 2.30. The minimum absolute atomic E-state index is 0.00485. The first-order chi connectivity index (χ1) is 8.11. The molecule has 1 aromatic rings. The van der Waals surface area contributed by atoms with Crippen molar-refractivity contribution in [2.24, 2.45) is 0 Å². The number of thiol groups is 1. The number of nitrogens with zero attached hydrogens (tertiary/aromatic N) is 2. The van der Waals surface area contributed by atoms with Gasteiger partial charge >= 0.3 is 5.97 Å². The van der Waals surface area contributed by atoms with Gasteiger partial charge in [-0.25, -0.2) is 9.78 Å². The monoisotopic (exact) mass is 272 g/mol. The molecule has 0 bridgehead atoms. The first-order valence-corrected chi connectivity index (χ1v) is 6.62. The lowest BCUT2D eigenvalue weighted by atomic mass is 10.4. The zero-order valence-corrected chi connectivity index (χ0v) is 11.0. The lowest BCUT2D eigenvalue weighted by molar-refractivity contribution is -0.117. The van der Waals surface area contributed by atoms with Gasteiger partial charge in [-0.2, -0.15) is 12.6 Å². The van der Waals surface area contributed by atoms with Crippen LogP contribution in [0, 0.1) is 0 Å². The number of rotatable bonds is 3. The molecule has 2 heterocycles. The van der Waals surface area contributed by atoms with E-state index >= 15 is 0 Å². The Balaban J connectivity index is 2.13. The summed E-state index contributed by atoms with van der Waals surface area (Å²) in [5, 5.41) is 2.18. The average molecular weight is 272 g/mol. The molecular weight excluding hydrogens is 260 g/mol. The average Bonchev–Trinajstić information content (AvgIpc) is 2.85. The highest BCUT2D eigenvalue weighted by Crippen LogP contribution is 2.27. The van der Waals surface area contributed by atoms with Crippen LogP contribution in [0.4, 0.5) is 5.13 Å². The molecule has 7 heteroatoms. The Kier molecular flexibility index (Phi) is 3.68. The summed E-state index contributed by atoms with van der Waals surface area (Å²) in [6.07, 6.45) is 0.414. The van der Waals surface area contributed by atoms with Crippen LogP contribution in [0.25, 0.3) is 0 Å². The van der Waals surface area contributed by atoms with E-state index < -0.39 is 5.97 Å². The van der Waals surface area contributed by atoms with E-state index in [0.29, 0.717) is 24.7 Å². The molecule has 2 rings (SSSR count). The predicted molar refractivity (Wildman–Crippen MR) is 67.8 cm³/mol. The lowest BCUT2D eigenvalue weighted by Gasteiger charge is -2.10. The third-order valence-electron chi connectivity index (χ3n) is 2.31. The largest absolute Gasteiger partial charge is 0.461 e. The fourth-order valence-corrected chi connectivity index (χ4v) is 2.70. The van der Waals surface area contributed by atoms with Gasteiger partial charge in [-0.15, -0.1) is 11.3 Å². The van der Waals surface area contributed by atoms with Crippen LogP contribution in [0.5, 0.6) is 0 Å². The van der Waals surface area contributed by atoms with Crippen LogP contribution < -0.4 is 4.90 Å². The summed E-state index contributed by atoms with van der Waals surface area (Å²) in [6, 6.07) is 0. The fraction of sp³-hybridized carbons (Fsp3) is 0.500. The van der Waals surface area contributed by atoms with E-state index in [4.69, 9.17) is 4.74 Å². The molecule has 1 amide bonds. The molecule has 1 aliphatic heterocycles. The summed E-state index contributed by atoms with van der Waals surface area (Å²) >= 11 is 5.53. The summed E-state index contributed by atoms with van der Waals surface area (Å²) in [5.74, 6) is -0.459. The SMILES string of the molecule is CCOC(=O)c1csc(N2CC(S)CC2=O)n1. The van der Waals surface area contributed by atoms with Gasteiger partial charge in [-0.05, 0) is 6.92 Å². The number of anilines is 1. The predicted octanol–water partition coefficient (Wildman–Crippen LogP) is 1.35. The van der Waals surface area contributed by atoms with Crippen molar-refractivity contribution in [1.29, 1.82) is 0 Å². The van der Waals surface area contributed by atoms with Gasteiger partial charge in [0.05, 0.1) is 6.61 Å². The Hall–Kier alpha value is -1.08. The van der Waals surface area contributed by atoms with Gasteiger partial charge in [0.1, 0.15) is 0 Å². The van der Waals surface area contributed by atoms with E-state index in [1.54, 1.807) is 17.2 Å².